The molecule has 0 unspecified atom stereocenters. The van der Waals surface area contributed by atoms with Gasteiger partial charge in [0.25, 0.3) is 5.91 Å². The first-order valence-electron chi connectivity index (χ1n) is 9.29. The Balaban J connectivity index is 1.45. The van der Waals surface area contributed by atoms with E-state index < -0.39 is 0 Å². The standard InChI is InChI=1S/C23H14BrCl2FN2O2S/c24-18-9-13(1-8-20(18)31-12-14-2-3-15(25)11-19(14)26)10-21-22(30)29-23(32-21)28-17-6-4-16(27)5-7-17/h1-11H,12H2,(H,28,29,30)/b21-10+. The number of hydrogen-bond acceptors (Lipinski definition) is 4. The molecule has 1 aliphatic heterocycles. The zero-order valence-electron chi connectivity index (χ0n) is 16.2. The van der Waals surface area contributed by atoms with E-state index in [1.807, 2.05) is 24.3 Å². The molecule has 1 N–H and O–H groups in total. The Morgan fingerprint density at radius 3 is 2.59 bits per heavy atom. The van der Waals surface area contributed by atoms with Crippen molar-refractivity contribution in [3.05, 3.63) is 97.0 Å². The van der Waals surface area contributed by atoms with E-state index in [1.54, 1.807) is 30.3 Å². The number of nitrogens with one attached hydrogen (secondary N) is 1. The molecular formula is C23H14BrCl2FN2O2S. The topological polar surface area (TPSA) is 50.7 Å². The second kappa shape index (κ2) is 10.1. The molecule has 3 aromatic carbocycles. The average Bonchev–Trinajstić information content (AvgIpc) is 3.09. The molecule has 0 aromatic heterocycles. The molecule has 1 amide bonds. The summed E-state index contributed by atoms with van der Waals surface area (Å²) in [7, 11) is 0. The maximum atomic E-state index is 13.0. The lowest BCUT2D eigenvalue weighted by Gasteiger charge is -2.10. The Morgan fingerprint density at radius 2 is 1.88 bits per heavy atom. The Bertz CT molecular complexity index is 1250. The van der Waals surface area contributed by atoms with Gasteiger partial charge in [-0.1, -0.05) is 35.3 Å². The van der Waals surface area contributed by atoms with Crippen LogP contribution in [0.25, 0.3) is 6.08 Å². The van der Waals surface area contributed by atoms with Crippen molar-refractivity contribution in [2.75, 3.05) is 0 Å². The summed E-state index contributed by atoms with van der Waals surface area (Å²) < 4.78 is 19.6. The summed E-state index contributed by atoms with van der Waals surface area (Å²) in [6.07, 6.45) is 1.76. The first-order valence-corrected chi connectivity index (χ1v) is 11.7. The van der Waals surface area contributed by atoms with Gasteiger partial charge in [-0.2, -0.15) is 0 Å². The number of ether oxygens (including phenoxy) is 1. The van der Waals surface area contributed by atoms with E-state index in [0.29, 0.717) is 31.6 Å². The highest BCUT2D eigenvalue weighted by Gasteiger charge is 2.24. The molecule has 0 spiro atoms. The Labute approximate surface area is 206 Å². The molecule has 4 nitrogen and oxygen atoms in total. The molecule has 3 aromatic rings. The zero-order valence-corrected chi connectivity index (χ0v) is 20.2. The van der Waals surface area contributed by atoms with Crippen LogP contribution in [-0.4, -0.2) is 11.1 Å². The smallest absolute Gasteiger partial charge is 0.264 e. The molecule has 0 atom stereocenters. The van der Waals surface area contributed by atoms with Crippen LogP contribution in [0.4, 0.5) is 10.1 Å². The van der Waals surface area contributed by atoms with Gasteiger partial charge in [0.05, 0.1) is 15.1 Å². The van der Waals surface area contributed by atoms with Gasteiger partial charge in [-0.3, -0.25) is 4.79 Å². The van der Waals surface area contributed by atoms with Gasteiger partial charge >= 0.3 is 0 Å². The third kappa shape index (κ3) is 5.72. The number of carbonyl (C=O) groups is 1. The van der Waals surface area contributed by atoms with Gasteiger partial charge < -0.3 is 10.1 Å². The van der Waals surface area contributed by atoms with Gasteiger partial charge in [-0.25, -0.2) is 9.38 Å². The number of benzene rings is 3. The lowest BCUT2D eigenvalue weighted by molar-refractivity contribution is -0.115. The summed E-state index contributed by atoms with van der Waals surface area (Å²) in [5, 5.41) is 4.26. The Kier molecular flexibility index (Phi) is 7.20. The molecule has 0 bridgehead atoms. The Morgan fingerprint density at radius 1 is 1.09 bits per heavy atom. The maximum absolute atomic E-state index is 13.0. The molecule has 0 saturated carbocycles. The first-order chi connectivity index (χ1) is 15.4. The van der Waals surface area contributed by atoms with Crippen molar-refractivity contribution in [1.82, 2.24) is 5.32 Å². The van der Waals surface area contributed by atoms with Gasteiger partial charge in [-0.05, 0) is 87.9 Å². The Hall–Kier alpha value is -2.32. The summed E-state index contributed by atoms with van der Waals surface area (Å²) in [5.41, 5.74) is 2.19. The highest BCUT2D eigenvalue weighted by Crippen LogP contribution is 2.32. The van der Waals surface area contributed by atoms with E-state index in [9.17, 15) is 9.18 Å². The van der Waals surface area contributed by atoms with Gasteiger partial charge in [0.1, 0.15) is 18.2 Å². The van der Waals surface area contributed by atoms with Crippen LogP contribution in [0.1, 0.15) is 11.1 Å². The molecule has 0 aliphatic carbocycles. The minimum atomic E-state index is -0.341. The van der Waals surface area contributed by atoms with Crippen molar-refractivity contribution in [2.24, 2.45) is 4.99 Å². The number of thioether (sulfide) groups is 1. The molecule has 1 fully saturated rings. The number of halogens is 4. The number of carbonyl (C=O) groups excluding carboxylic acids is 1. The van der Waals surface area contributed by atoms with Gasteiger partial charge in [0, 0.05) is 15.6 Å². The summed E-state index contributed by atoms with van der Waals surface area (Å²) in [6.45, 7) is 0.288. The van der Waals surface area contributed by atoms with E-state index >= 15 is 0 Å². The third-order valence-electron chi connectivity index (χ3n) is 4.36. The molecule has 4 rings (SSSR count). The highest BCUT2D eigenvalue weighted by atomic mass is 79.9. The van der Waals surface area contributed by atoms with Crippen LogP contribution in [0, 0.1) is 5.82 Å². The fourth-order valence-electron chi connectivity index (χ4n) is 2.78. The van der Waals surface area contributed by atoms with E-state index in [2.05, 4.69) is 26.2 Å². The van der Waals surface area contributed by atoms with Crippen LogP contribution in [0.5, 0.6) is 5.75 Å². The maximum Gasteiger partial charge on any atom is 0.264 e. The van der Waals surface area contributed by atoms with Crippen molar-refractivity contribution in [3.63, 3.8) is 0 Å². The molecule has 9 heteroatoms. The number of hydrogen-bond donors (Lipinski definition) is 1. The monoisotopic (exact) mass is 550 g/mol. The molecule has 32 heavy (non-hydrogen) atoms. The quantitative estimate of drug-likeness (QED) is 0.337. The van der Waals surface area contributed by atoms with Crippen molar-refractivity contribution in [2.45, 2.75) is 6.61 Å². The van der Waals surface area contributed by atoms with Gasteiger partial charge in [0.15, 0.2) is 5.17 Å². The predicted octanol–water partition coefficient (Wildman–Crippen LogP) is 7.37. The molecular weight excluding hydrogens is 538 g/mol. The van der Waals surface area contributed by atoms with Crippen LogP contribution in [-0.2, 0) is 11.4 Å². The number of nitrogens with zero attached hydrogens (tertiary/aromatic N) is 1. The number of aliphatic imine (C=N–C) groups is 1. The number of rotatable bonds is 5. The van der Waals surface area contributed by atoms with Crippen LogP contribution >= 0.6 is 50.9 Å². The molecule has 1 aliphatic rings. The fourth-order valence-corrected chi connectivity index (χ4v) is 4.60. The van der Waals surface area contributed by atoms with Crippen LogP contribution in [0.2, 0.25) is 10.0 Å². The number of amides is 1. The van der Waals surface area contributed by atoms with Crippen molar-refractivity contribution in [3.8, 4) is 5.75 Å². The minimum absolute atomic E-state index is 0.246. The molecule has 162 valence electrons. The molecule has 1 heterocycles. The van der Waals surface area contributed by atoms with Crippen molar-refractivity contribution < 1.29 is 13.9 Å². The lowest BCUT2D eigenvalue weighted by atomic mass is 10.2. The first kappa shape index (κ1) is 22.9. The second-order valence-electron chi connectivity index (χ2n) is 6.67. The van der Waals surface area contributed by atoms with Gasteiger partial charge in [0.2, 0.25) is 0 Å². The highest BCUT2D eigenvalue weighted by molar-refractivity contribution is 9.10. The van der Waals surface area contributed by atoms with Crippen LogP contribution in [0.15, 0.2) is 75.0 Å². The van der Waals surface area contributed by atoms with Crippen molar-refractivity contribution >= 4 is 73.7 Å². The second-order valence-corrected chi connectivity index (χ2v) is 9.40. The normalized spacial score (nSPS) is 15.9. The average molecular weight is 552 g/mol. The van der Waals surface area contributed by atoms with Crippen LogP contribution in [0.3, 0.4) is 0 Å². The predicted molar refractivity (Wildman–Crippen MR) is 132 cm³/mol. The largest absolute Gasteiger partial charge is 0.488 e. The minimum Gasteiger partial charge on any atom is -0.488 e. The lowest BCUT2D eigenvalue weighted by Crippen LogP contribution is -2.19. The summed E-state index contributed by atoms with van der Waals surface area (Å²) in [4.78, 5) is 17.1. The molecule has 0 radical (unpaired) electrons. The summed E-state index contributed by atoms with van der Waals surface area (Å²) in [6, 6.07) is 16.5. The van der Waals surface area contributed by atoms with E-state index in [-0.39, 0.29) is 18.3 Å². The van der Waals surface area contributed by atoms with E-state index in [1.165, 1.54) is 23.9 Å². The van der Waals surface area contributed by atoms with E-state index in [4.69, 9.17) is 27.9 Å². The van der Waals surface area contributed by atoms with Crippen molar-refractivity contribution in [1.29, 1.82) is 0 Å². The molecule has 1 saturated heterocycles. The van der Waals surface area contributed by atoms with Crippen LogP contribution < -0.4 is 10.1 Å². The zero-order chi connectivity index (χ0) is 22.7. The van der Waals surface area contributed by atoms with Gasteiger partial charge in [-0.15, -0.1) is 0 Å². The SMILES string of the molecule is O=C1NC(=Nc2ccc(F)cc2)S/C1=C/c1ccc(OCc2ccc(Cl)cc2Cl)c(Br)c1. The number of amidine groups is 1. The van der Waals surface area contributed by atoms with E-state index in [0.717, 1.165) is 15.6 Å². The fraction of sp³-hybridized carbons (Fsp3) is 0.0435. The summed E-state index contributed by atoms with van der Waals surface area (Å²) >= 11 is 16.8. The summed E-state index contributed by atoms with van der Waals surface area (Å²) in [5.74, 6) is 0.0526. The third-order valence-corrected chi connectivity index (χ3v) is 6.48.